The fourth-order valence-electron chi connectivity index (χ4n) is 1.73. The Bertz CT molecular complexity index is 665. The quantitative estimate of drug-likeness (QED) is 0.686. The second kappa shape index (κ2) is 3.83. The van der Waals surface area contributed by atoms with Crippen molar-refractivity contribution in [1.82, 2.24) is 15.0 Å². The fraction of sp³-hybridized carbons (Fsp3) is 0. The first-order chi connectivity index (χ1) is 8.34. The number of aromatic nitrogens is 3. The zero-order valence-electron chi connectivity index (χ0n) is 9.04. The average Bonchev–Trinajstić information content (AvgIpc) is 2.40. The van der Waals surface area contributed by atoms with E-state index in [9.17, 15) is 0 Å². The topological polar surface area (TPSA) is 64.7 Å². The van der Waals surface area contributed by atoms with Crippen molar-refractivity contribution in [2.45, 2.75) is 0 Å². The van der Waals surface area contributed by atoms with E-state index in [0.717, 1.165) is 22.3 Å². The lowest BCUT2D eigenvalue weighted by atomic mass is 10.2. The maximum Gasteiger partial charge on any atom is 0.149 e. The number of nitrogen functional groups attached to an aromatic ring is 1. The Morgan fingerprint density at radius 1 is 0.824 bits per heavy atom. The Morgan fingerprint density at radius 3 is 2.59 bits per heavy atom. The molecule has 0 aromatic carbocycles. The van der Waals surface area contributed by atoms with Crippen molar-refractivity contribution < 1.29 is 0 Å². The van der Waals surface area contributed by atoms with Crippen molar-refractivity contribution in [1.29, 1.82) is 0 Å². The minimum Gasteiger partial charge on any atom is -0.382 e. The first kappa shape index (κ1) is 9.72. The summed E-state index contributed by atoms with van der Waals surface area (Å²) in [6, 6.07) is 11.5. The Morgan fingerprint density at radius 2 is 1.76 bits per heavy atom. The second-order valence-corrected chi connectivity index (χ2v) is 3.68. The molecule has 0 saturated carbocycles. The van der Waals surface area contributed by atoms with Crippen LogP contribution in [0.3, 0.4) is 0 Å². The van der Waals surface area contributed by atoms with Gasteiger partial charge >= 0.3 is 0 Å². The summed E-state index contributed by atoms with van der Waals surface area (Å²) < 4.78 is 0. The highest BCUT2D eigenvalue weighted by Crippen LogP contribution is 2.21. The standard InChI is InChI=1S/C13H10N4/c14-13-12-9(6-8-16-13)4-5-11(17-12)10-3-1-2-7-15-10/h1-8H,(H2,14,16). The van der Waals surface area contributed by atoms with Gasteiger partial charge in [0, 0.05) is 17.8 Å². The molecule has 0 unspecified atom stereocenters. The lowest BCUT2D eigenvalue weighted by Gasteiger charge is -2.03. The molecule has 0 aliphatic rings. The van der Waals surface area contributed by atoms with Crippen LogP contribution in [-0.2, 0) is 0 Å². The van der Waals surface area contributed by atoms with Gasteiger partial charge in [-0.15, -0.1) is 0 Å². The van der Waals surface area contributed by atoms with E-state index in [1.807, 2.05) is 36.4 Å². The summed E-state index contributed by atoms with van der Waals surface area (Å²) in [7, 11) is 0. The third kappa shape index (κ3) is 1.69. The molecule has 82 valence electrons. The molecule has 0 fully saturated rings. The lowest BCUT2D eigenvalue weighted by molar-refractivity contribution is 1.26. The summed E-state index contributed by atoms with van der Waals surface area (Å²) in [5.74, 6) is 0.445. The van der Waals surface area contributed by atoms with Gasteiger partial charge in [0.15, 0.2) is 0 Å². The van der Waals surface area contributed by atoms with E-state index in [4.69, 9.17) is 5.73 Å². The molecule has 0 aliphatic heterocycles. The Labute approximate surface area is 98.2 Å². The molecular weight excluding hydrogens is 212 g/mol. The second-order valence-electron chi connectivity index (χ2n) is 3.68. The molecule has 4 heteroatoms. The normalized spacial score (nSPS) is 10.6. The predicted molar refractivity (Wildman–Crippen MR) is 67.2 cm³/mol. The summed E-state index contributed by atoms with van der Waals surface area (Å²) in [5, 5.41) is 0.984. The van der Waals surface area contributed by atoms with E-state index >= 15 is 0 Å². The largest absolute Gasteiger partial charge is 0.382 e. The van der Waals surface area contributed by atoms with Crippen molar-refractivity contribution in [2.75, 3.05) is 5.73 Å². The Hall–Kier alpha value is -2.49. The van der Waals surface area contributed by atoms with Crippen molar-refractivity contribution >= 4 is 16.7 Å². The molecule has 0 bridgehead atoms. The van der Waals surface area contributed by atoms with Gasteiger partial charge in [0.2, 0.25) is 0 Å². The molecule has 3 aromatic heterocycles. The molecule has 0 spiro atoms. The molecule has 0 atom stereocenters. The molecule has 2 N–H and O–H groups in total. The fourth-order valence-corrected chi connectivity index (χ4v) is 1.73. The summed E-state index contributed by atoms with van der Waals surface area (Å²) in [4.78, 5) is 12.8. The molecular formula is C13H10N4. The van der Waals surface area contributed by atoms with Crippen molar-refractivity contribution in [2.24, 2.45) is 0 Å². The number of nitrogens with two attached hydrogens (primary N) is 1. The van der Waals surface area contributed by atoms with Gasteiger partial charge in [-0.05, 0) is 24.3 Å². The maximum atomic E-state index is 5.81. The van der Waals surface area contributed by atoms with Crippen LogP contribution in [0, 0.1) is 0 Å². The highest BCUT2D eigenvalue weighted by molar-refractivity contribution is 5.88. The van der Waals surface area contributed by atoms with Crippen LogP contribution in [0.1, 0.15) is 0 Å². The average molecular weight is 222 g/mol. The highest BCUT2D eigenvalue weighted by atomic mass is 14.9. The summed E-state index contributed by atoms with van der Waals surface area (Å²) >= 11 is 0. The minimum atomic E-state index is 0.445. The van der Waals surface area contributed by atoms with Crippen LogP contribution in [0.25, 0.3) is 22.3 Å². The van der Waals surface area contributed by atoms with Gasteiger partial charge in [-0.25, -0.2) is 9.97 Å². The van der Waals surface area contributed by atoms with Crippen LogP contribution in [-0.4, -0.2) is 15.0 Å². The van der Waals surface area contributed by atoms with Crippen molar-refractivity contribution in [3.63, 3.8) is 0 Å². The number of fused-ring (bicyclic) bond motifs is 1. The Balaban J connectivity index is 2.23. The zero-order chi connectivity index (χ0) is 11.7. The van der Waals surface area contributed by atoms with Gasteiger partial charge in [0.1, 0.15) is 11.3 Å². The summed E-state index contributed by atoms with van der Waals surface area (Å²) in [6.45, 7) is 0. The highest BCUT2D eigenvalue weighted by Gasteiger charge is 2.04. The molecule has 17 heavy (non-hydrogen) atoms. The first-order valence-electron chi connectivity index (χ1n) is 5.27. The summed E-state index contributed by atoms with van der Waals surface area (Å²) in [6.07, 6.45) is 3.42. The van der Waals surface area contributed by atoms with Gasteiger partial charge in [0.25, 0.3) is 0 Å². The van der Waals surface area contributed by atoms with Gasteiger partial charge in [0.05, 0.1) is 11.4 Å². The number of anilines is 1. The molecule has 0 radical (unpaired) electrons. The number of nitrogens with zero attached hydrogens (tertiary/aromatic N) is 3. The number of hydrogen-bond acceptors (Lipinski definition) is 4. The van der Waals surface area contributed by atoms with E-state index in [-0.39, 0.29) is 0 Å². The van der Waals surface area contributed by atoms with Crippen LogP contribution in [0.5, 0.6) is 0 Å². The van der Waals surface area contributed by atoms with Gasteiger partial charge in [-0.1, -0.05) is 12.1 Å². The van der Waals surface area contributed by atoms with Crippen molar-refractivity contribution in [3.8, 4) is 11.4 Å². The number of hydrogen-bond donors (Lipinski definition) is 1. The maximum absolute atomic E-state index is 5.81. The lowest BCUT2D eigenvalue weighted by Crippen LogP contribution is -1.94. The molecule has 3 heterocycles. The zero-order valence-corrected chi connectivity index (χ0v) is 9.04. The monoisotopic (exact) mass is 222 g/mol. The summed E-state index contributed by atoms with van der Waals surface area (Å²) in [5.41, 5.74) is 8.16. The third-order valence-corrected chi connectivity index (χ3v) is 2.56. The van der Waals surface area contributed by atoms with E-state index in [2.05, 4.69) is 15.0 Å². The molecule has 3 rings (SSSR count). The molecule has 3 aromatic rings. The van der Waals surface area contributed by atoms with Crippen LogP contribution in [0.15, 0.2) is 48.8 Å². The molecule has 0 amide bonds. The van der Waals surface area contributed by atoms with Crippen LogP contribution >= 0.6 is 0 Å². The van der Waals surface area contributed by atoms with E-state index in [1.165, 1.54) is 0 Å². The first-order valence-corrected chi connectivity index (χ1v) is 5.27. The number of pyridine rings is 3. The smallest absolute Gasteiger partial charge is 0.149 e. The van der Waals surface area contributed by atoms with E-state index in [1.54, 1.807) is 12.4 Å². The van der Waals surface area contributed by atoms with Crippen LogP contribution < -0.4 is 5.73 Å². The van der Waals surface area contributed by atoms with Gasteiger partial charge in [-0.3, -0.25) is 4.98 Å². The Kier molecular flexibility index (Phi) is 2.19. The third-order valence-electron chi connectivity index (χ3n) is 2.56. The van der Waals surface area contributed by atoms with Crippen LogP contribution in [0.2, 0.25) is 0 Å². The van der Waals surface area contributed by atoms with E-state index in [0.29, 0.717) is 5.82 Å². The predicted octanol–water partition coefficient (Wildman–Crippen LogP) is 2.27. The molecule has 0 aliphatic carbocycles. The molecule has 0 saturated heterocycles. The van der Waals surface area contributed by atoms with Gasteiger partial charge in [-0.2, -0.15) is 0 Å². The molecule has 4 nitrogen and oxygen atoms in total. The number of rotatable bonds is 1. The van der Waals surface area contributed by atoms with E-state index < -0.39 is 0 Å². The van der Waals surface area contributed by atoms with Crippen LogP contribution in [0.4, 0.5) is 5.82 Å². The minimum absolute atomic E-state index is 0.445. The van der Waals surface area contributed by atoms with Gasteiger partial charge < -0.3 is 5.73 Å². The van der Waals surface area contributed by atoms with Crippen molar-refractivity contribution in [3.05, 3.63) is 48.8 Å². The SMILES string of the molecule is Nc1nccc2ccc(-c3ccccn3)nc12.